The first-order valence-corrected chi connectivity index (χ1v) is 6.49. The molecule has 0 bridgehead atoms. The van der Waals surface area contributed by atoms with Gasteiger partial charge in [0.1, 0.15) is 23.6 Å². The maximum atomic E-state index is 11.9. The molecule has 0 unspecified atom stereocenters. The summed E-state index contributed by atoms with van der Waals surface area (Å²) in [6.07, 6.45) is 3.31. The van der Waals surface area contributed by atoms with Crippen molar-refractivity contribution >= 4 is 17.5 Å². The smallest absolute Gasteiger partial charge is 0.270 e. The highest BCUT2D eigenvalue weighted by Crippen LogP contribution is 2.14. The van der Waals surface area contributed by atoms with E-state index in [-0.39, 0.29) is 5.91 Å². The Morgan fingerprint density at radius 3 is 2.85 bits per heavy atom. The van der Waals surface area contributed by atoms with Crippen LogP contribution in [0.4, 0.5) is 11.6 Å². The Balaban J connectivity index is 2.02. The van der Waals surface area contributed by atoms with Gasteiger partial charge in [0.2, 0.25) is 0 Å². The molecule has 0 saturated heterocycles. The minimum Gasteiger partial charge on any atom is -0.360 e. The van der Waals surface area contributed by atoms with E-state index >= 15 is 0 Å². The highest BCUT2D eigenvalue weighted by molar-refractivity contribution is 5.92. The van der Waals surface area contributed by atoms with Gasteiger partial charge in [0.15, 0.2) is 5.82 Å². The van der Waals surface area contributed by atoms with E-state index < -0.39 is 0 Å². The fourth-order valence-electron chi connectivity index (χ4n) is 1.58. The molecule has 0 fully saturated rings. The summed E-state index contributed by atoms with van der Waals surface area (Å²) in [5.74, 6) is 1.52. The SMILES string of the molecule is CCCCNC(=O)c1cc(Nc2cc(C)on2)ncn1. The van der Waals surface area contributed by atoms with Crippen molar-refractivity contribution in [2.75, 3.05) is 11.9 Å². The Bertz CT molecular complexity index is 582. The number of carbonyl (C=O) groups excluding carboxylic acids is 1. The van der Waals surface area contributed by atoms with Crippen molar-refractivity contribution in [3.05, 3.63) is 29.9 Å². The van der Waals surface area contributed by atoms with E-state index in [1.54, 1.807) is 19.1 Å². The first-order chi connectivity index (χ1) is 9.69. The third kappa shape index (κ3) is 3.78. The molecule has 0 aliphatic heterocycles. The number of hydrogen-bond acceptors (Lipinski definition) is 6. The quantitative estimate of drug-likeness (QED) is 0.784. The number of unbranched alkanes of at least 4 members (excludes halogenated alkanes) is 1. The molecular formula is C13H17N5O2. The largest absolute Gasteiger partial charge is 0.360 e. The van der Waals surface area contributed by atoms with Crippen LogP contribution >= 0.6 is 0 Å². The maximum absolute atomic E-state index is 11.9. The molecule has 106 valence electrons. The van der Waals surface area contributed by atoms with E-state index in [1.165, 1.54) is 6.33 Å². The van der Waals surface area contributed by atoms with Crippen molar-refractivity contribution in [1.29, 1.82) is 0 Å². The molecule has 0 spiro atoms. The van der Waals surface area contributed by atoms with Crippen molar-refractivity contribution in [1.82, 2.24) is 20.4 Å². The second-order valence-electron chi connectivity index (χ2n) is 4.35. The van der Waals surface area contributed by atoms with Gasteiger partial charge in [-0.3, -0.25) is 4.79 Å². The molecule has 0 atom stereocenters. The van der Waals surface area contributed by atoms with Gasteiger partial charge >= 0.3 is 0 Å². The summed E-state index contributed by atoms with van der Waals surface area (Å²) in [5, 5.41) is 9.55. The third-order valence-electron chi connectivity index (χ3n) is 2.60. The summed E-state index contributed by atoms with van der Waals surface area (Å²) < 4.78 is 4.94. The molecule has 0 aliphatic rings. The Labute approximate surface area is 116 Å². The number of amides is 1. The zero-order chi connectivity index (χ0) is 14.4. The Morgan fingerprint density at radius 1 is 1.30 bits per heavy atom. The molecule has 0 saturated carbocycles. The summed E-state index contributed by atoms with van der Waals surface area (Å²) in [5.41, 5.74) is 0.318. The van der Waals surface area contributed by atoms with E-state index in [9.17, 15) is 4.79 Å². The Hall–Kier alpha value is -2.44. The van der Waals surface area contributed by atoms with Crippen LogP contribution in [0.5, 0.6) is 0 Å². The van der Waals surface area contributed by atoms with E-state index in [4.69, 9.17) is 4.52 Å². The van der Waals surface area contributed by atoms with Crippen molar-refractivity contribution in [3.8, 4) is 0 Å². The van der Waals surface area contributed by atoms with Crippen molar-refractivity contribution in [2.24, 2.45) is 0 Å². The van der Waals surface area contributed by atoms with Gasteiger partial charge in [0.05, 0.1) is 0 Å². The number of nitrogens with one attached hydrogen (secondary N) is 2. The third-order valence-corrected chi connectivity index (χ3v) is 2.60. The molecule has 2 rings (SSSR count). The monoisotopic (exact) mass is 275 g/mol. The highest BCUT2D eigenvalue weighted by Gasteiger charge is 2.09. The molecule has 0 aliphatic carbocycles. The summed E-state index contributed by atoms with van der Waals surface area (Å²) in [4.78, 5) is 19.9. The average Bonchev–Trinajstić information content (AvgIpc) is 2.84. The fourth-order valence-corrected chi connectivity index (χ4v) is 1.58. The van der Waals surface area contributed by atoms with Gasteiger partial charge in [-0.2, -0.15) is 0 Å². The molecule has 2 N–H and O–H groups in total. The van der Waals surface area contributed by atoms with Gasteiger partial charge in [-0.25, -0.2) is 9.97 Å². The molecule has 2 aromatic rings. The molecule has 2 aromatic heterocycles. The second kappa shape index (κ2) is 6.65. The minimum atomic E-state index is -0.208. The van der Waals surface area contributed by atoms with Gasteiger partial charge in [0.25, 0.3) is 5.91 Å². The lowest BCUT2D eigenvalue weighted by atomic mass is 10.3. The lowest BCUT2D eigenvalue weighted by Gasteiger charge is -2.05. The second-order valence-corrected chi connectivity index (χ2v) is 4.35. The van der Waals surface area contributed by atoms with Crippen molar-refractivity contribution in [3.63, 3.8) is 0 Å². The number of nitrogens with zero attached hydrogens (tertiary/aromatic N) is 3. The van der Waals surface area contributed by atoms with Crippen molar-refractivity contribution < 1.29 is 9.32 Å². The number of anilines is 2. The van der Waals surface area contributed by atoms with Crippen LogP contribution in [0.25, 0.3) is 0 Å². The molecular weight excluding hydrogens is 258 g/mol. The predicted octanol–water partition coefficient (Wildman–Crippen LogP) is 2.05. The molecule has 0 aromatic carbocycles. The van der Waals surface area contributed by atoms with Crippen LogP contribution in [-0.4, -0.2) is 27.6 Å². The molecule has 2 heterocycles. The molecule has 20 heavy (non-hydrogen) atoms. The van der Waals surface area contributed by atoms with Crippen LogP contribution in [0, 0.1) is 6.92 Å². The number of aromatic nitrogens is 3. The Morgan fingerprint density at radius 2 is 2.15 bits per heavy atom. The van der Waals surface area contributed by atoms with Gasteiger partial charge < -0.3 is 15.2 Å². The van der Waals surface area contributed by atoms with Gasteiger partial charge in [0, 0.05) is 18.7 Å². The predicted molar refractivity (Wildman–Crippen MR) is 73.8 cm³/mol. The summed E-state index contributed by atoms with van der Waals surface area (Å²) in [6.45, 7) is 4.51. The number of rotatable bonds is 6. The van der Waals surface area contributed by atoms with Gasteiger partial charge in [-0.1, -0.05) is 18.5 Å². The van der Waals surface area contributed by atoms with Crippen LogP contribution in [0.15, 0.2) is 23.0 Å². The van der Waals surface area contributed by atoms with E-state index in [1.807, 2.05) is 0 Å². The van der Waals surface area contributed by atoms with Crippen LogP contribution in [0.3, 0.4) is 0 Å². The molecule has 7 heteroatoms. The molecule has 1 amide bonds. The normalized spacial score (nSPS) is 10.3. The van der Waals surface area contributed by atoms with E-state index in [0.717, 1.165) is 12.8 Å². The van der Waals surface area contributed by atoms with Crippen LogP contribution in [0.2, 0.25) is 0 Å². The summed E-state index contributed by atoms with van der Waals surface area (Å²) in [6, 6.07) is 3.31. The topological polar surface area (TPSA) is 92.9 Å². The lowest BCUT2D eigenvalue weighted by Crippen LogP contribution is -2.25. The Kier molecular flexibility index (Phi) is 4.65. The molecule has 0 radical (unpaired) electrons. The average molecular weight is 275 g/mol. The van der Waals surface area contributed by atoms with Crippen LogP contribution < -0.4 is 10.6 Å². The zero-order valence-electron chi connectivity index (χ0n) is 11.5. The first-order valence-electron chi connectivity index (χ1n) is 6.49. The van der Waals surface area contributed by atoms with Gasteiger partial charge in [-0.05, 0) is 13.3 Å². The van der Waals surface area contributed by atoms with Crippen LogP contribution in [0.1, 0.15) is 36.0 Å². The number of hydrogen-bond donors (Lipinski definition) is 2. The fraction of sp³-hybridized carbons (Fsp3) is 0.385. The van der Waals surface area contributed by atoms with E-state index in [2.05, 4.69) is 32.7 Å². The van der Waals surface area contributed by atoms with E-state index in [0.29, 0.717) is 29.6 Å². The first kappa shape index (κ1) is 14.0. The van der Waals surface area contributed by atoms with Crippen molar-refractivity contribution in [2.45, 2.75) is 26.7 Å². The standard InChI is InChI=1S/C13H17N5O2/c1-3-4-5-14-13(19)10-7-11(16-8-15-10)17-12-6-9(2)20-18-12/h6-8H,3-5H2,1-2H3,(H,14,19)(H,15,16,17,18). The number of aryl methyl sites for hydroxylation is 1. The summed E-state index contributed by atoms with van der Waals surface area (Å²) in [7, 11) is 0. The summed E-state index contributed by atoms with van der Waals surface area (Å²) >= 11 is 0. The zero-order valence-corrected chi connectivity index (χ0v) is 11.5. The van der Waals surface area contributed by atoms with Gasteiger partial charge in [-0.15, -0.1) is 0 Å². The highest BCUT2D eigenvalue weighted by atomic mass is 16.5. The minimum absolute atomic E-state index is 0.208. The molecule has 7 nitrogen and oxygen atoms in total. The maximum Gasteiger partial charge on any atom is 0.270 e. The number of carbonyl (C=O) groups is 1. The van der Waals surface area contributed by atoms with Crippen LogP contribution in [-0.2, 0) is 0 Å². The lowest BCUT2D eigenvalue weighted by molar-refractivity contribution is 0.0948.